The van der Waals surface area contributed by atoms with E-state index in [1.54, 1.807) is 0 Å². The first kappa shape index (κ1) is 16.6. The highest BCUT2D eigenvalue weighted by atomic mass is 16.5. The van der Waals surface area contributed by atoms with Crippen molar-refractivity contribution in [1.82, 2.24) is 10.1 Å². The highest BCUT2D eigenvalue weighted by Crippen LogP contribution is 2.21. The number of amides is 1. The summed E-state index contributed by atoms with van der Waals surface area (Å²) in [5.74, 6) is 1.37. The minimum atomic E-state index is -0.0451. The summed E-state index contributed by atoms with van der Waals surface area (Å²) in [6.45, 7) is 5.73. The SMILES string of the molecule is Cc1ccc(OCc2c(C(=O)N3CCCCCC3)noc2C)cc1. The number of carbonyl (C=O) groups excluding carboxylic acids is 1. The summed E-state index contributed by atoms with van der Waals surface area (Å²) < 4.78 is 11.1. The van der Waals surface area contributed by atoms with Crippen LogP contribution in [0, 0.1) is 13.8 Å². The number of likely N-dealkylation sites (tertiary alicyclic amines) is 1. The van der Waals surface area contributed by atoms with Crippen LogP contribution in [0.1, 0.15) is 53.1 Å². The fourth-order valence-electron chi connectivity index (χ4n) is 2.94. The van der Waals surface area contributed by atoms with Gasteiger partial charge in [0.05, 0.1) is 5.56 Å². The molecule has 5 heteroatoms. The Morgan fingerprint density at radius 2 is 1.79 bits per heavy atom. The van der Waals surface area contributed by atoms with Gasteiger partial charge in [-0.2, -0.15) is 0 Å². The minimum absolute atomic E-state index is 0.0451. The monoisotopic (exact) mass is 328 g/mol. The highest BCUT2D eigenvalue weighted by molar-refractivity contribution is 5.93. The molecule has 1 amide bonds. The van der Waals surface area contributed by atoms with E-state index in [-0.39, 0.29) is 12.5 Å². The molecular formula is C19H24N2O3. The van der Waals surface area contributed by atoms with Crippen LogP contribution < -0.4 is 4.74 Å². The van der Waals surface area contributed by atoms with Gasteiger partial charge in [0, 0.05) is 13.1 Å². The second kappa shape index (κ2) is 7.51. The number of hydrogen-bond acceptors (Lipinski definition) is 4. The zero-order valence-corrected chi connectivity index (χ0v) is 14.4. The number of aromatic nitrogens is 1. The largest absolute Gasteiger partial charge is 0.489 e. The maximum absolute atomic E-state index is 12.8. The quantitative estimate of drug-likeness (QED) is 0.854. The average molecular weight is 328 g/mol. The van der Waals surface area contributed by atoms with Crippen molar-refractivity contribution in [3.63, 3.8) is 0 Å². The van der Waals surface area contributed by atoms with Crippen molar-refractivity contribution in [2.45, 2.75) is 46.1 Å². The van der Waals surface area contributed by atoms with Crippen LogP contribution in [0.2, 0.25) is 0 Å². The molecule has 1 aromatic carbocycles. The van der Waals surface area contributed by atoms with E-state index in [0.717, 1.165) is 37.2 Å². The van der Waals surface area contributed by atoms with Crippen LogP contribution >= 0.6 is 0 Å². The van der Waals surface area contributed by atoms with E-state index in [0.29, 0.717) is 11.5 Å². The fraction of sp³-hybridized carbons (Fsp3) is 0.474. The van der Waals surface area contributed by atoms with Crippen molar-refractivity contribution in [1.29, 1.82) is 0 Å². The summed E-state index contributed by atoms with van der Waals surface area (Å²) in [7, 11) is 0. The van der Waals surface area contributed by atoms with E-state index in [1.807, 2.05) is 43.0 Å². The van der Waals surface area contributed by atoms with Crippen molar-refractivity contribution in [2.24, 2.45) is 0 Å². The summed E-state index contributed by atoms with van der Waals surface area (Å²) in [4.78, 5) is 14.7. The molecule has 1 fully saturated rings. The second-order valence-corrected chi connectivity index (χ2v) is 6.37. The van der Waals surface area contributed by atoms with E-state index in [2.05, 4.69) is 5.16 Å². The van der Waals surface area contributed by atoms with Gasteiger partial charge in [0.15, 0.2) is 5.69 Å². The Balaban J connectivity index is 1.72. The molecule has 0 radical (unpaired) electrons. The lowest BCUT2D eigenvalue weighted by molar-refractivity contribution is 0.0749. The third kappa shape index (κ3) is 3.78. The summed E-state index contributed by atoms with van der Waals surface area (Å²) in [6, 6.07) is 7.85. The first-order chi connectivity index (χ1) is 11.6. The number of benzene rings is 1. The van der Waals surface area contributed by atoms with E-state index < -0.39 is 0 Å². The molecule has 0 atom stereocenters. The Morgan fingerprint density at radius 3 is 2.46 bits per heavy atom. The van der Waals surface area contributed by atoms with Crippen molar-refractivity contribution < 1.29 is 14.1 Å². The predicted molar refractivity (Wildman–Crippen MR) is 91.1 cm³/mol. The van der Waals surface area contributed by atoms with Crippen LogP contribution in [-0.2, 0) is 6.61 Å². The summed E-state index contributed by atoms with van der Waals surface area (Å²) in [6.07, 6.45) is 4.48. The number of nitrogens with zero attached hydrogens (tertiary/aromatic N) is 2. The highest BCUT2D eigenvalue weighted by Gasteiger charge is 2.25. The molecule has 3 rings (SSSR count). The van der Waals surface area contributed by atoms with E-state index in [4.69, 9.17) is 9.26 Å². The first-order valence-corrected chi connectivity index (χ1v) is 8.59. The maximum atomic E-state index is 12.8. The van der Waals surface area contributed by atoms with Crippen LogP contribution in [0.15, 0.2) is 28.8 Å². The molecule has 24 heavy (non-hydrogen) atoms. The van der Waals surface area contributed by atoms with Gasteiger partial charge in [-0.25, -0.2) is 0 Å². The number of aryl methyl sites for hydroxylation is 2. The van der Waals surface area contributed by atoms with Crippen LogP contribution in [0.5, 0.6) is 5.75 Å². The molecule has 1 aromatic heterocycles. The lowest BCUT2D eigenvalue weighted by Gasteiger charge is -2.19. The van der Waals surface area contributed by atoms with Crippen LogP contribution in [-0.4, -0.2) is 29.1 Å². The predicted octanol–water partition coefficient (Wildman–Crippen LogP) is 3.89. The van der Waals surface area contributed by atoms with Gasteiger partial charge in [0.2, 0.25) is 0 Å². The molecule has 2 heterocycles. The van der Waals surface area contributed by atoms with Crippen LogP contribution in [0.4, 0.5) is 0 Å². The molecule has 0 aliphatic carbocycles. The molecule has 1 aliphatic heterocycles. The molecule has 0 spiro atoms. The van der Waals surface area contributed by atoms with E-state index in [1.165, 1.54) is 18.4 Å². The normalized spacial score (nSPS) is 15.2. The molecule has 0 saturated carbocycles. The van der Waals surface area contributed by atoms with Gasteiger partial charge in [0.25, 0.3) is 5.91 Å². The smallest absolute Gasteiger partial charge is 0.276 e. The molecule has 5 nitrogen and oxygen atoms in total. The van der Waals surface area contributed by atoms with Crippen molar-refractivity contribution in [2.75, 3.05) is 13.1 Å². The lowest BCUT2D eigenvalue weighted by Crippen LogP contribution is -2.32. The second-order valence-electron chi connectivity index (χ2n) is 6.37. The van der Waals surface area contributed by atoms with Crippen LogP contribution in [0.3, 0.4) is 0 Å². The molecule has 0 unspecified atom stereocenters. The van der Waals surface area contributed by atoms with Gasteiger partial charge in [-0.1, -0.05) is 35.7 Å². The van der Waals surface area contributed by atoms with Gasteiger partial charge < -0.3 is 14.2 Å². The molecule has 0 bridgehead atoms. The topological polar surface area (TPSA) is 55.6 Å². The third-order valence-corrected chi connectivity index (χ3v) is 4.48. The van der Waals surface area contributed by atoms with Crippen molar-refractivity contribution >= 4 is 5.91 Å². The van der Waals surface area contributed by atoms with E-state index >= 15 is 0 Å². The average Bonchev–Trinajstić information content (AvgIpc) is 2.78. The Hall–Kier alpha value is -2.30. The zero-order chi connectivity index (χ0) is 16.9. The molecular weight excluding hydrogens is 304 g/mol. The molecule has 0 N–H and O–H groups in total. The fourth-order valence-corrected chi connectivity index (χ4v) is 2.94. The number of ether oxygens (including phenoxy) is 1. The maximum Gasteiger partial charge on any atom is 0.276 e. The van der Waals surface area contributed by atoms with Gasteiger partial charge in [-0.15, -0.1) is 0 Å². The minimum Gasteiger partial charge on any atom is -0.489 e. The summed E-state index contributed by atoms with van der Waals surface area (Å²) in [5, 5.41) is 4.00. The van der Waals surface area contributed by atoms with Crippen molar-refractivity contribution in [3.8, 4) is 5.75 Å². The van der Waals surface area contributed by atoms with Gasteiger partial charge in [-0.05, 0) is 38.8 Å². The van der Waals surface area contributed by atoms with Gasteiger partial charge >= 0.3 is 0 Å². The number of rotatable bonds is 4. The number of carbonyl (C=O) groups is 1. The Kier molecular flexibility index (Phi) is 5.18. The van der Waals surface area contributed by atoms with Gasteiger partial charge in [-0.3, -0.25) is 4.79 Å². The Bertz CT molecular complexity index is 683. The number of hydrogen-bond donors (Lipinski definition) is 0. The summed E-state index contributed by atoms with van der Waals surface area (Å²) in [5.41, 5.74) is 2.31. The van der Waals surface area contributed by atoms with Crippen LogP contribution in [0.25, 0.3) is 0 Å². The van der Waals surface area contributed by atoms with Gasteiger partial charge in [0.1, 0.15) is 18.1 Å². The Labute approximate surface area is 142 Å². The molecule has 1 saturated heterocycles. The molecule has 2 aromatic rings. The third-order valence-electron chi connectivity index (χ3n) is 4.48. The zero-order valence-electron chi connectivity index (χ0n) is 14.4. The lowest BCUT2D eigenvalue weighted by atomic mass is 10.2. The Morgan fingerprint density at radius 1 is 1.12 bits per heavy atom. The molecule has 128 valence electrons. The molecule has 1 aliphatic rings. The standard InChI is InChI=1S/C19H24N2O3/c1-14-7-9-16(10-8-14)23-13-17-15(2)24-20-18(17)19(22)21-11-5-3-4-6-12-21/h7-10H,3-6,11-13H2,1-2H3. The first-order valence-electron chi connectivity index (χ1n) is 8.59. The van der Waals surface area contributed by atoms with E-state index in [9.17, 15) is 4.79 Å². The van der Waals surface area contributed by atoms with Crippen molar-refractivity contribution in [3.05, 3.63) is 46.8 Å². The summed E-state index contributed by atoms with van der Waals surface area (Å²) >= 11 is 0.